The predicted octanol–water partition coefficient (Wildman–Crippen LogP) is 19.8. The summed E-state index contributed by atoms with van der Waals surface area (Å²) in [6.07, 6.45) is 0. The van der Waals surface area contributed by atoms with Gasteiger partial charge in [0, 0.05) is 53.9 Å². The molecule has 0 amide bonds. The van der Waals surface area contributed by atoms with Gasteiger partial charge in [-0.1, -0.05) is 205 Å². The highest BCUT2D eigenvalue weighted by Gasteiger charge is 2.37. The summed E-state index contributed by atoms with van der Waals surface area (Å²) in [4.78, 5) is 4.70. The van der Waals surface area contributed by atoms with Crippen LogP contribution in [0.5, 0.6) is 0 Å². The predicted molar refractivity (Wildman–Crippen MR) is 304 cm³/mol. The summed E-state index contributed by atoms with van der Waals surface area (Å²) in [5, 5.41) is 0. The second kappa shape index (κ2) is 18.6. The third kappa shape index (κ3) is 8.40. The molecule has 0 unspecified atom stereocenters. The monoisotopic (exact) mass is 1030 g/mol. The lowest BCUT2D eigenvalue weighted by atomic mass is 9.82. The van der Waals surface area contributed by atoms with Crippen LogP contribution >= 0.6 is 31.9 Å². The van der Waals surface area contributed by atoms with Crippen LogP contribution < -0.4 is 9.80 Å². The van der Waals surface area contributed by atoms with Crippen molar-refractivity contribution in [2.75, 3.05) is 9.80 Å². The number of fused-ring (bicyclic) bond motifs is 6. The van der Waals surface area contributed by atoms with E-state index in [0.717, 1.165) is 31.7 Å². The number of rotatable bonds is 8. The van der Waals surface area contributed by atoms with Gasteiger partial charge >= 0.3 is 0 Å². The molecule has 2 aliphatic carbocycles. The van der Waals surface area contributed by atoms with Crippen molar-refractivity contribution < 1.29 is 0 Å². The highest BCUT2D eigenvalue weighted by atomic mass is 79.9. The summed E-state index contributed by atoms with van der Waals surface area (Å²) in [7, 11) is 0. The van der Waals surface area contributed by atoms with E-state index in [0.29, 0.717) is 0 Å². The Labute approximate surface area is 429 Å². The molecular formula is C66H52Br2N2. The van der Waals surface area contributed by atoms with Gasteiger partial charge in [0.2, 0.25) is 0 Å². The SMILES string of the molecule is CC1(C)c2ccccc2-c2ccc(N(c3ccc(Br)cc3)c3ccc(-c4ccccc4)cc3)cc21.CC1(C)c2ccccc2-c2ccc(N(c3ccc(Br)cc3)c3ccc(-c4ccccc4)cc3)cc21. The van der Waals surface area contributed by atoms with E-state index in [2.05, 4.69) is 312 Å². The van der Waals surface area contributed by atoms with Crippen molar-refractivity contribution in [3.63, 3.8) is 0 Å². The summed E-state index contributed by atoms with van der Waals surface area (Å²) < 4.78 is 2.15. The second-order valence-electron chi connectivity index (χ2n) is 19.3. The zero-order valence-corrected chi connectivity index (χ0v) is 42.9. The largest absolute Gasteiger partial charge is 0.310 e. The Morgan fingerprint density at radius 2 is 0.529 bits per heavy atom. The number of benzene rings is 10. The highest BCUT2D eigenvalue weighted by Crippen LogP contribution is 2.52. The van der Waals surface area contributed by atoms with Crippen molar-refractivity contribution in [1.29, 1.82) is 0 Å². The van der Waals surface area contributed by atoms with E-state index in [1.807, 2.05) is 0 Å². The molecule has 0 radical (unpaired) electrons. The van der Waals surface area contributed by atoms with Crippen LogP contribution in [0.1, 0.15) is 49.9 Å². The molecule has 0 spiro atoms. The molecule has 2 aliphatic rings. The fourth-order valence-electron chi connectivity index (χ4n) is 10.6. The van der Waals surface area contributed by atoms with Gasteiger partial charge in [0.25, 0.3) is 0 Å². The Balaban J connectivity index is 0.000000152. The summed E-state index contributed by atoms with van der Waals surface area (Å²) in [6.45, 7) is 9.33. The highest BCUT2D eigenvalue weighted by molar-refractivity contribution is 9.10. The average Bonchev–Trinajstić information content (AvgIpc) is 3.77. The summed E-state index contributed by atoms with van der Waals surface area (Å²) >= 11 is 7.19. The van der Waals surface area contributed by atoms with Crippen molar-refractivity contribution in [2.45, 2.75) is 38.5 Å². The Bertz CT molecular complexity index is 3240. The Kier molecular flexibility index (Phi) is 12.0. The molecular weight excluding hydrogens is 981 g/mol. The molecule has 0 aliphatic heterocycles. The van der Waals surface area contributed by atoms with E-state index in [-0.39, 0.29) is 10.8 Å². The average molecular weight is 1030 g/mol. The van der Waals surface area contributed by atoms with Crippen molar-refractivity contribution >= 4 is 66.0 Å². The molecule has 0 bridgehead atoms. The molecule has 0 heterocycles. The molecule has 2 nitrogen and oxygen atoms in total. The maximum atomic E-state index is 3.60. The maximum Gasteiger partial charge on any atom is 0.0465 e. The lowest BCUT2D eigenvalue weighted by molar-refractivity contribution is 0.660. The van der Waals surface area contributed by atoms with Gasteiger partial charge < -0.3 is 9.80 Å². The smallest absolute Gasteiger partial charge is 0.0465 e. The minimum atomic E-state index is -0.0372. The Morgan fingerprint density at radius 3 is 0.886 bits per heavy atom. The van der Waals surface area contributed by atoms with Crippen LogP contribution in [0.2, 0.25) is 0 Å². The van der Waals surface area contributed by atoms with Crippen LogP contribution in [0.25, 0.3) is 44.5 Å². The fourth-order valence-corrected chi connectivity index (χ4v) is 11.1. The zero-order chi connectivity index (χ0) is 48.0. The van der Waals surface area contributed by atoms with Crippen LogP contribution in [0.3, 0.4) is 0 Å². The van der Waals surface area contributed by atoms with E-state index in [1.54, 1.807) is 0 Å². The van der Waals surface area contributed by atoms with Gasteiger partial charge in [-0.25, -0.2) is 0 Å². The minimum Gasteiger partial charge on any atom is -0.310 e. The number of anilines is 6. The molecule has 0 fully saturated rings. The van der Waals surface area contributed by atoms with Gasteiger partial charge in [-0.05, 0) is 164 Å². The first-order valence-corrected chi connectivity index (χ1v) is 25.5. The normalized spacial score (nSPS) is 13.2. The molecule has 0 N–H and O–H groups in total. The number of nitrogens with zero attached hydrogens (tertiary/aromatic N) is 2. The Morgan fingerprint density at radius 1 is 0.257 bits per heavy atom. The van der Waals surface area contributed by atoms with E-state index in [4.69, 9.17) is 0 Å². The summed E-state index contributed by atoms with van der Waals surface area (Å²) in [5.41, 5.74) is 22.6. The summed E-state index contributed by atoms with van der Waals surface area (Å²) in [6, 6.07) is 87.4. The van der Waals surface area contributed by atoms with Crippen LogP contribution in [0, 0.1) is 0 Å². The van der Waals surface area contributed by atoms with Gasteiger partial charge in [-0.3, -0.25) is 0 Å². The third-order valence-electron chi connectivity index (χ3n) is 14.3. The molecule has 4 heteroatoms. The van der Waals surface area contributed by atoms with Crippen LogP contribution in [0.15, 0.2) is 252 Å². The first kappa shape index (κ1) is 45.2. The quantitative estimate of drug-likeness (QED) is 0.150. The van der Waals surface area contributed by atoms with E-state index in [9.17, 15) is 0 Å². The molecule has 340 valence electrons. The van der Waals surface area contributed by atoms with Crippen molar-refractivity contribution in [2.24, 2.45) is 0 Å². The van der Waals surface area contributed by atoms with Crippen molar-refractivity contribution in [3.8, 4) is 44.5 Å². The molecule has 10 aromatic rings. The van der Waals surface area contributed by atoms with Crippen molar-refractivity contribution in [3.05, 3.63) is 274 Å². The Hall–Kier alpha value is -7.24. The first-order chi connectivity index (χ1) is 34.0. The number of hydrogen-bond acceptors (Lipinski definition) is 2. The van der Waals surface area contributed by atoms with E-state index in [1.165, 1.54) is 78.1 Å². The maximum absolute atomic E-state index is 3.60. The zero-order valence-electron chi connectivity index (χ0n) is 39.7. The van der Waals surface area contributed by atoms with Crippen LogP contribution in [-0.2, 0) is 10.8 Å². The molecule has 0 saturated heterocycles. The molecule has 0 aromatic heterocycles. The topological polar surface area (TPSA) is 6.48 Å². The molecule has 0 saturated carbocycles. The van der Waals surface area contributed by atoms with Gasteiger partial charge in [-0.2, -0.15) is 0 Å². The third-order valence-corrected chi connectivity index (χ3v) is 15.3. The molecule has 70 heavy (non-hydrogen) atoms. The number of halogens is 2. The second-order valence-corrected chi connectivity index (χ2v) is 21.1. The molecule has 10 aromatic carbocycles. The van der Waals surface area contributed by atoms with Gasteiger partial charge in [0.15, 0.2) is 0 Å². The van der Waals surface area contributed by atoms with Crippen LogP contribution in [0.4, 0.5) is 34.1 Å². The van der Waals surface area contributed by atoms with Crippen molar-refractivity contribution in [1.82, 2.24) is 0 Å². The van der Waals surface area contributed by atoms with Gasteiger partial charge in [0.05, 0.1) is 0 Å². The standard InChI is InChI=1S/2C33H26BrN/c2*1-33(2)31-11-7-6-10-29(31)30-21-20-28(22-32(30)33)35(27-18-14-25(34)15-19-27)26-16-12-24(13-17-26)23-8-4-3-5-9-23/h2*3-22H,1-2H3. The van der Waals surface area contributed by atoms with E-state index >= 15 is 0 Å². The molecule has 12 rings (SSSR count). The first-order valence-electron chi connectivity index (χ1n) is 24.0. The minimum absolute atomic E-state index is 0.0372. The van der Waals surface area contributed by atoms with Crippen LogP contribution in [-0.4, -0.2) is 0 Å². The number of hydrogen-bond donors (Lipinski definition) is 0. The van der Waals surface area contributed by atoms with Gasteiger partial charge in [-0.15, -0.1) is 0 Å². The lowest BCUT2D eigenvalue weighted by Gasteiger charge is -2.28. The van der Waals surface area contributed by atoms with Gasteiger partial charge in [0.1, 0.15) is 0 Å². The fraction of sp³-hybridized carbons (Fsp3) is 0.0909. The lowest BCUT2D eigenvalue weighted by Crippen LogP contribution is -2.16. The summed E-state index contributed by atoms with van der Waals surface area (Å²) in [5.74, 6) is 0. The molecule has 0 atom stereocenters. The van der Waals surface area contributed by atoms with E-state index < -0.39 is 0 Å².